The molecule has 1 heterocycles. The Morgan fingerprint density at radius 1 is 1.14 bits per heavy atom. The predicted molar refractivity (Wildman–Crippen MR) is 87.6 cm³/mol. The second kappa shape index (κ2) is 5.99. The molecule has 1 amide bonds. The number of fused-ring (bicyclic) bond motifs is 1. The summed E-state index contributed by atoms with van der Waals surface area (Å²) >= 11 is 12.0. The van der Waals surface area contributed by atoms with Crippen molar-refractivity contribution in [1.82, 2.24) is 0 Å². The third kappa shape index (κ3) is 2.56. The van der Waals surface area contributed by atoms with E-state index in [2.05, 4.69) is 5.16 Å². The molecule has 0 aliphatic carbocycles. The summed E-state index contributed by atoms with van der Waals surface area (Å²) in [6, 6.07) is 12.8. The van der Waals surface area contributed by atoms with Crippen LogP contribution in [0.15, 0.2) is 47.6 Å². The van der Waals surface area contributed by atoms with Crippen LogP contribution < -0.4 is 4.90 Å². The second-order valence-corrected chi connectivity index (χ2v) is 5.59. The third-order valence-electron chi connectivity index (χ3n) is 3.40. The molecular formula is C16H12Cl2N2O2. The van der Waals surface area contributed by atoms with E-state index in [1.807, 2.05) is 30.3 Å². The fraction of sp³-hybridized carbons (Fsp3) is 0.125. The number of nitrogens with zero attached hydrogens (tertiary/aromatic N) is 2. The highest BCUT2D eigenvalue weighted by Crippen LogP contribution is 2.31. The molecule has 22 heavy (non-hydrogen) atoms. The predicted octanol–water partition coefficient (Wildman–Crippen LogP) is 3.89. The number of hydrogen-bond donors (Lipinski definition) is 0. The van der Waals surface area contributed by atoms with E-state index in [1.165, 1.54) is 7.11 Å². The van der Waals surface area contributed by atoms with E-state index < -0.39 is 0 Å². The molecule has 3 rings (SSSR count). The molecule has 0 fully saturated rings. The van der Waals surface area contributed by atoms with Crippen molar-refractivity contribution in [2.24, 2.45) is 5.16 Å². The number of benzene rings is 2. The van der Waals surface area contributed by atoms with Gasteiger partial charge in [-0.2, -0.15) is 0 Å². The van der Waals surface area contributed by atoms with Crippen LogP contribution in [0.3, 0.4) is 0 Å². The molecule has 0 atom stereocenters. The third-order valence-corrected chi connectivity index (χ3v) is 4.14. The van der Waals surface area contributed by atoms with Crippen LogP contribution in [-0.4, -0.2) is 18.7 Å². The summed E-state index contributed by atoms with van der Waals surface area (Å²) in [6.07, 6.45) is 0. The lowest BCUT2D eigenvalue weighted by Gasteiger charge is -2.17. The first-order valence-electron chi connectivity index (χ1n) is 6.58. The highest BCUT2D eigenvalue weighted by molar-refractivity contribution is 6.54. The normalized spacial score (nSPS) is 15.3. The minimum atomic E-state index is -0.200. The fourth-order valence-corrected chi connectivity index (χ4v) is 2.74. The number of carbonyl (C=O) groups excluding carboxylic acids is 1. The van der Waals surface area contributed by atoms with Crippen LogP contribution in [0.25, 0.3) is 0 Å². The maximum absolute atomic E-state index is 12.6. The van der Waals surface area contributed by atoms with Gasteiger partial charge >= 0.3 is 0 Å². The molecule has 0 aromatic heterocycles. The van der Waals surface area contributed by atoms with Crippen molar-refractivity contribution in [2.45, 2.75) is 6.54 Å². The lowest BCUT2D eigenvalue weighted by Crippen LogP contribution is -2.29. The molecule has 0 saturated heterocycles. The lowest BCUT2D eigenvalue weighted by atomic mass is 10.1. The molecule has 112 valence electrons. The van der Waals surface area contributed by atoms with E-state index in [1.54, 1.807) is 17.0 Å². The molecule has 0 N–H and O–H groups in total. The fourth-order valence-electron chi connectivity index (χ4n) is 2.42. The number of carbonyl (C=O) groups is 1. The number of rotatable bonds is 3. The number of anilines is 1. The molecule has 4 nitrogen and oxygen atoms in total. The van der Waals surface area contributed by atoms with Crippen LogP contribution in [-0.2, 0) is 16.2 Å². The van der Waals surface area contributed by atoms with Gasteiger partial charge in [0.25, 0.3) is 5.91 Å². The Kier molecular flexibility index (Phi) is 4.05. The van der Waals surface area contributed by atoms with Crippen molar-refractivity contribution in [3.05, 3.63) is 63.6 Å². The molecule has 0 radical (unpaired) electrons. The maximum atomic E-state index is 12.6. The average Bonchev–Trinajstić information content (AvgIpc) is 2.77. The van der Waals surface area contributed by atoms with Gasteiger partial charge in [-0.25, -0.2) is 0 Å². The summed E-state index contributed by atoms with van der Waals surface area (Å²) < 4.78 is 0. The molecule has 1 aliphatic rings. The zero-order valence-corrected chi connectivity index (χ0v) is 13.2. The summed E-state index contributed by atoms with van der Waals surface area (Å²) in [7, 11) is 1.42. The van der Waals surface area contributed by atoms with Crippen LogP contribution in [0, 0.1) is 0 Å². The summed E-state index contributed by atoms with van der Waals surface area (Å²) in [5.41, 5.74) is 2.75. The van der Waals surface area contributed by atoms with E-state index in [0.717, 1.165) is 16.8 Å². The van der Waals surface area contributed by atoms with Crippen LogP contribution in [0.4, 0.5) is 5.69 Å². The minimum absolute atomic E-state index is 0.200. The van der Waals surface area contributed by atoms with Gasteiger partial charge in [-0.1, -0.05) is 52.6 Å². The topological polar surface area (TPSA) is 41.9 Å². The van der Waals surface area contributed by atoms with Crippen molar-refractivity contribution in [2.75, 3.05) is 12.0 Å². The minimum Gasteiger partial charge on any atom is -0.398 e. The number of halogens is 2. The lowest BCUT2D eigenvalue weighted by molar-refractivity contribution is -0.112. The smallest absolute Gasteiger partial charge is 0.281 e. The van der Waals surface area contributed by atoms with Gasteiger partial charge in [0.15, 0.2) is 5.71 Å². The highest BCUT2D eigenvalue weighted by atomic mass is 35.5. The molecule has 0 saturated carbocycles. The first-order chi connectivity index (χ1) is 10.6. The second-order valence-electron chi connectivity index (χ2n) is 4.78. The van der Waals surface area contributed by atoms with E-state index >= 15 is 0 Å². The zero-order valence-electron chi connectivity index (χ0n) is 11.7. The maximum Gasteiger partial charge on any atom is 0.281 e. The van der Waals surface area contributed by atoms with Crippen LogP contribution in [0.1, 0.15) is 11.1 Å². The van der Waals surface area contributed by atoms with Crippen molar-refractivity contribution < 1.29 is 9.63 Å². The average molecular weight is 335 g/mol. The van der Waals surface area contributed by atoms with E-state index in [-0.39, 0.29) is 5.91 Å². The number of hydrogen-bond acceptors (Lipinski definition) is 3. The Hall–Kier alpha value is -2.04. The monoisotopic (exact) mass is 334 g/mol. The van der Waals surface area contributed by atoms with Crippen molar-refractivity contribution in [3.63, 3.8) is 0 Å². The standard InChI is InChI=1S/C16H12Cl2N2O2/c1-22-19-15-11-4-2-3-5-14(11)20(16(15)21)9-10-6-7-12(17)13(18)8-10/h2-8H,9H2,1H3. The molecule has 0 unspecified atom stereocenters. The first kappa shape index (κ1) is 14.9. The van der Waals surface area contributed by atoms with Crippen molar-refractivity contribution >= 4 is 40.5 Å². The van der Waals surface area contributed by atoms with E-state index in [0.29, 0.717) is 22.3 Å². The Morgan fingerprint density at radius 2 is 1.91 bits per heavy atom. The molecule has 2 aromatic rings. The van der Waals surface area contributed by atoms with Gasteiger partial charge < -0.3 is 9.74 Å². The van der Waals surface area contributed by atoms with E-state index in [9.17, 15) is 4.79 Å². The zero-order chi connectivity index (χ0) is 15.7. The Morgan fingerprint density at radius 3 is 2.64 bits per heavy atom. The Bertz CT molecular complexity index is 774. The van der Waals surface area contributed by atoms with Gasteiger partial charge in [-0.05, 0) is 23.8 Å². The summed E-state index contributed by atoms with van der Waals surface area (Å²) in [5.74, 6) is -0.200. The first-order valence-corrected chi connectivity index (χ1v) is 7.33. The van der Waals surface area contributed by atoms with Gasteiger partial charge in [0.1, 0.15) is 7.11 Å². The molecule has 0 bridgehead atoms. The number of amides is 1. The summed E-state index contributed by atoms with van der Waals surface area (Å²) in [4.78, 5) is 19.0. The molecule has 1 aliphatic heterocycles. The highest BCUT2D eigenvalue weighted by Gasteiger charge is 2.34. The quantitative estimate of drug-likeness (QED) is 0.799. The number of para-hydroxylation sites is 1. The summed E-state index contributed by atoms with van der Waals surface area (Å²) in [6.45, 7) is 0.384. The molecular weight excluding hydrogens is 323 g/mol. The van der Waals surface area contributed by atoms with Gasteiger partial charge in [0, 0.05) is 5.56 Å². The SMILES string of the molecule is CON=C1C(=O)N(Cc2ccc(Cl)c(Cl)c2)c2ccccc21. The van der Waals surface area contributed by atoms with Crippen LogP contribution in [0.2, 0.25) is 10.0 Å². The summed E-state index contributed by atoms with van der Waals surface area (Å²) in [5, 5.41) is 4.80. The van der Waals surface area contributed by atoms with Gasteiger partial charge in [-0.15, -0.1) is 0 Å². The molecule has 0 spiro atoms. The van der Waals surface area contributed by atoms with Gasteiger partial charge in [0.2, 0.25) is 0 Å². The van der Waals surface area contributed by atoms with Crippen molar-refractivity contribution in [1.29, 1.82) is 0 Å². The number of oxime groups is 1. The molecule has 6 heteroatoms. The Balaban J connectivity index is 1.99. The van der Waals surface area contributed by atoms with Gasteiger partial charge in [-0.3, -0.25) is 4.79 Å². The van der Waals surface area contributed by atoms with Gasteiger partial charge in [0.05, 0.1) is 22.3 Å². The van der Waals surface area contributed by atoms with Crippen LogP contribution >= 0.6 is 23.2 Å². The largest absolute Gasteiger partial charge is 0.398 e. The Labute approximate surface area is 137 Å². The van der Waals surface area contributed by atoms with Crippen molar-refractivity contribution in [3.8, 4) is 0 Å². The molecule has 2 aromatic carbocycles. The van der Waals surface area contributed by atoms with E-state index in [4.69, 9.17) is 28.0 Å². The van der Waals surface area contributed by atoms with Crippen LogP contribution in [0.5, 0.6) is 0 Å².